The Labute approximate surface area is 115 Å². The van der Waals surface area contributed by atoms with E-state index >= 15 is 0 Å². The van der Waals surface area contributed by atoms with Gasteiger partial charge in [-0.2, -0.15) is 0 Å². The van der Waals surface area contributed by atoms with Crippen LogP contribution in [0.3, 0.4) is 0 Å². The second kappa shape index (κ2) is 7.29. The lowest BCUT2D eigenvalue weighted by Gasteiger charge is -2.11. The summed E-state index contributed by atoms with van der Waals surface area (Å²) in [4.78, 5) is 12.0. The summed E-state index contributed by atoms with van der Waals surface area (Å²) in [5, 5.41) is 3.35. The van der Waals surface area contributed by atoms with E-state index in [0.29, 0.717) is 12.6 Å². The minimum atomic E-state index is 0.161. The molecule has 0 aliphatic heterocycles. The molecule has 0 aromatic heterocycles. The number of carbonyl (C=O) groups excluding carboxylic acids is 1. The molecule has 2 rings (SSSR count). The highest BCUT2D eigenvalue weighted by molar-refractivity contribution is 5.97. The summed E-state index contributed by atoms with van der Waals surface area (Å²) in [5.74, 6) is 0.996. The fourth-order valence-corrected chi connectivity index (χ4v) is 2.43. The van der Waals surface area contributed by atoms with E-state index < -0.39 is 0 Å². The lowest BCUT2D eigenvalue weighted by atomic mass is 10.1. The number of hydrogen-bond acceptors (Lipinski definition) is 3. The molecule has 0 heterocycles. The Bertz CT molecular complexity index is 394. The average molecular weight is 261 g/mol. The van der Waals surface area contributed by atoms with E-state index in [9.17, 15) is 4.79 Å². The van der Waals surface area contributed by atoms with E-state index in [2.05, 4.69) is 12.2 Å². The van der Waals surface area contributed by atoms with Crippen LogP contribution in [0.4, 0.5) is 0 Å². The van der Waals surface area contributed by atoms with Gasteiger partial charge in [0.05, 0.1) is 13.2 Å². The van der Waals surface area contributed by atoms with Gasteiger partial charge in [0.25, 0.3) is 0 Å². The van der Waals surface area contributed by atoms with Gasteiger partial charge in [-0.05, 0) is 43.5 Å². The summed E-state index contributed by atoms with van der Waals surface area (Å²) >= 11 is 0. The highest BCUT2D eigenvalue weighted by Crippen LogP contribution is 2.18. The van der Waals surface area contributed by atoms with Crippen LogP contribution in [-0.4, -0.2) is 25.0 Å². The summed E-state index contributed by atoms with van der Waals surface area (Å²) in [6.07, 6.45) is 5.98. The fourth-order valence-electron chi connectivity index (χ4n) is 2.43. The second-order valence-electron chi connectivity index (χ2n) is 5.16. The van der Waals surface area contributed by atoms with E-state index in [-0.39, 0.29) is 5.78 Å². The third-order valence-corrected chi connectivity index (χ3v) is 3.56. The summed E-state index contributed by atoms with van der Waals surface area (Å²) in [7, 11) is 0. The number of Topliss-reactive ketones (excluding diaryl/α,β-unsaturated/α-hetero) is 1. The van der Waals surface area contributed by atoms with Crippen molar-refractivity contribution in [1.29, 1.82) is 0 Å². The van der Waals surface area contributed by atoms with E-state index in [1.54, 1.807) is 0 Å². The molecule has 0 amide bonds. The third-order valence-electron chi connectivity index (χ3n) is 3.56. The monoisotopic (exact) mass is 261 g/mol. The van der Waals surface area contributed by atoms with Crippen LogP contribution in [0.2, 0.25) is 0 Å². The molecule has 3 nitrogen and oxygen atoms in total. The van der Waals surface area contributed by atoms with Crippen molar-refractivity contribution < 1.29 is 9.53 Å². The van der Waals surface area contributed by atoms with Gasteiger partial charge in [-0.1, -0.05) is 19.8 Å². The molecule has 19 heavy (non-hydrogen) atoms. The molecule has 0 atom stereocenters. The third kappa shape index (κ3) is 4.35. The minimum absolute atomic E-state index is 0.161. The normalized spacial score (nSPS) is 15.6. The standard InChI is InChI=1S/C16H23NO2/c1-2-11-19-15-9-7-13(8-10-15)16(18)12-17-14-5-3-4-6-14/h7-10,14,17H,2-6,11-12H2,1H3. The average Bonchev–Trinajstić information content (AvgIpc) is 2.96. The van der Waals surface area contributed by atoms with Gasteiger partial charge in [-0.3, -0.25) is 4.79 Å². The zero-order valence-corrected chi connectivity index (χ0v) is 11.7. The first-order valence-electron chi connectivity index (χ1n) is 7.29. The predicted molar refractivity (Wildman–Crippen MR) is 76.8 cm³/mol. The van der Waals surface area contributed by atoms with Crippen molar-refractivity contribution in [3.05, 3.63) is 29.8 Å². The molecule has 1 N–H and O–H groups in total. The smallest absolute Gasteiger partial charge is 0.176 e. The lowest BCUT2D eigenvalue weighted by molar-refractivity contribution is 0.0987. The summed E-state index contributed by atoms with van der Waals surface area (Å²) < 4.78 is 5.50. The molecular weight excluding hydrogens is 238 g/mol. The SMILES string of the molecule is CCCOc1ccc(C(=O)CNC2CCCC2)cc1. The van der Waals surface area contributed by atoms with Gasteiger partial charge in [0, 0.05) is 11.6 Å². The maximum atomic E-state index is 12.0. The van der Waals surface area contributed by atoms with Gasteiger partial charge in [-0.25, -0.2) is 0 Å². The molecule has 0 bridgehead atoms. The van der Waals surface area contributed by atoms with Crippen molar-refractivity contribution >= 4 is 5.78 Å². The number of hydrogen-bond donors (Lipinski definition) is 1. The molecule has 0 unspecified atom stereocenters. The molecular formula is C16H23NO2. The Hall–Kier alpha value is -1.35. The first kappa shape index (κ1) is 14.1. The molecule has 1 fully saturated rings. The Morgan fingerprint density at radius 3 is 2.58 bits per heavy atom. The Morgan fingerprint density at radius 2 is 1.95 bits per heavy atom. The van der Waals surface area contributed by atoms with Gasteiger partial charge in [0.2, 0.25) is 0 Å². The zero-order valence-electron chi connectivity index (χ0n) is 11.7. The van der Waals surface area contributed by atoms with Crippen molar-refractivity contribution in [2.24, 2.45) is 0 Å². The minimum Gasteiger partial charge on any atom is -0.494 e. The number of ketones is 1. The first-order chi connectivity index (χ1) is 9.29. The van der Waals surface area contributed by atoms with Crippen molar-refractivity contribution in [3.8, 4) is 5.75 Å². The van der Waals surface area contributed by atoms with Crippen LogP contribution < -0.4 is 10.1 Å². The maximum Gasteiger partial charge on any atom is 0.176 e. The van der Waals surface area contributed by atoms with Crippen molar-refractivity contribution in [2.75, 3.05) is 13.2 Å². The summed E-state index contributed by atoms with van der Waals surface area (Å²) in [6, 6.07) is 7.99. The number of benzene rings is 1. The first-order valence-corrected chi connectivity index (χ1v) is 7.29. The number of nitrogens with one attached hydrogen (secondary N) is 1. The zero-order chi connectivity index (χ0) is 13.5. The van der Waals surface area contributed by atoms with Crippen LogP contribution in [0.25, 0.3) is 0 Å². The van der Waals surface area contributed by atoms with Gasteiger partial charge in [0.1, 0.15) is 5.75 Å². The van der Waals surface area contributed by atoms with Gasteiger partial charge in [0.15, 0.2) is 5.78 Å². The number of carbonyl (C=O) groups is 1. The van der Waals surface area contributed by atoms with Crippen LogP contribution in [0, 0.1) is 0 Å². The molecule has 1 saturated carbocycles. The quantitative estimate of drug-likeness (QED) is 0.766. The fraction of sp³-hybridized carbons (Fsp3) is 0.562. The Kier molecular flexibility index (Phi) is 5.40. The van der Waals surface area contributed by atoms with Crippen LogP contribution >= 0.6 is 0 Å². The molecule has 0 radical (unpaired) electrons. The largest absolute Gasteiger partial charge is 0.494 e. The molecule has 0 saturated heterocycles. The van der Waals surface area contributed by atoms with E-state index in [0.717, 1.165) is 24.3 Å². The van der Waals surface area contributed by atoms with E-state index in [4.69, 9.17) is 4.74 Å². The van der Waals surface area contributed by atoms with Crippen LogP contribution in [0.15, 0.2) is 24.3 Å². The highest BCUT2D eigenvalue weighted by Gasteiger charge is 2.15. The number of rotatable bonds is 7. The van der Waals surface area contributed by atoms with Crippen LogP contribution in [0.1, 0.15) is 49.4 Å². The van der Waals surface area contributed by atoms with Gasteiger partial charge < -0.3 is 10.1 Å². The van der Waals surface area contributed by atoms with E-state index in [1.807, 2.05) is 24.3 Å². The summed E-state index contributed by atoms with van der Waals surface area (Å²) in [5.41, 5.74) is 0.759. The Morgan fingerprint density at radius 1 is 1.26 bits per heavy atom. The molecule has 3 heteroatoms. The molecule has 104 valence electrons. The Balaban J connectivity index is 1.81. The van der Waals surface area contributed by atoms with Gasteiger partial charge >= 0.3 is 0 Å². The van der Waals surface area contributed by atoms with E-state index in [1.165, 1.54) is 25.7 Å². The summed E-state index contributed by atoms with van der Waals surface area (Å²) in [6.45, 7) is 3.24. The van der Waals surface area contributed by atoms with Crippen molar-refractivity contribution in [2.45, 2.75) is 45.1 Å². The van der Waals surface area contributed by atoms with Crippen LogP contribution in [0.5, 0.6) is 5.75 Å². The molecule has 0 spiro atoms. The maximum absolute atomic E-state index is 12.0. The number of ether oxygens (including phenoxy) is 1. The highest BCUT2D eigenvalue weighted by atomic mass is 16.5. The van der Waals surface area contributed by atoms with Crippen molar-refractivity contribution in [1.82, 2.24) is 5.32 Å². The predicted octanol–water partition coefficient (Wildman–Crippen LogP) is 3.19. The van der Waals surface area contributed by atoms with Crippen LogP contribution in [-0.2, 0) is 0 Å². The molecule has 1 aliphatic rings. The van der Waals surface area contributed by atoms with Crippen molar-refractivity contribution in [3.63, 3.8) is 0 Å². The molecule has 1 aliphatic carbocycles. The second-order valence-corrected chi connectivity index (χ2v) is 5.16. The lowest BCUT2D eigenvalue weighted by Crippen LogP contribution is -2.31. The van der Waals surface area contributed by atoms with Gasteiger partial charge in [-0.15, -0.1) is 0 Å². The molecule has 1 aromatic carbocycles. The molecule has 1 aromatic rings. The topological polar surface area (TPSA) is 38.3 Å².